The molecule has 3 nitrogen and oxygen atoms in total. The standard InChI is InChI=1S/C13H9Br2Cl2NO2S/c14-9-5-11(16)13(12(17)6-9)21(19,20)18-7-8-3-1-2-4-10(8)15/h1-6,18H,7H2. The highest BCUT2D eigenvalue weighted by atomic mass is 79.9. The molecule has 0 bridgehead atoms. The van der Waals surface area contributed by atoms with Crippen molar-refractivity contribution in [1.82, 2.24) is 4.72 Å². The highest BCUT2D eigenvalue weighted by molar-refractivity contribution is 9.10. The number of rotatable bonds is 4. The first-order chi connectivity index (χ1) is 9.81. The van der Waals surface area contributed by atoms with Crippen molar-refractivity contribution >= 4 is 65.1 Å². The Labute approximate surface area is 150 Å². The Bertz CT molecular complexity index is 758. The summed E-state index contributed by atoms with van der Waals surface area (Å²) in [7, 11) is -3.81. The molecule has 0 aliphatic rings. The number of hydrogen-bond donors (Lipinski definition) is 1. The van der Waals surface area contributed by atoms with E-state index in [9.17, 15) is 8.42 Å². The van der Waals surface area contributed by atoms with Gasteiger partial charge in [-0.15, -0.1) is 0 Å². The van der Waals surface area contributed by atoms with E-state index in [4.69, 9.17) is 23.2 Å². The average molecular weight is 474 g/mol. The summed E-state index contributed by atoms with van der Waals surface area (Å²) in [5.41, 5.74) is 0.811. The molecule has 0 amide bonds. The zero-order chi connectivity index (χ0) is 15.6. The SMILES string of the molecule is O=S(=O)(NCc1ccccc1Br)c1c(Cl)cc(Br)cc1Cl. The lowest BCUT2D eigenvalue weighted by Crippen LogP contribution is -2.24. The normalized spacial score (nSPS) is 11.6. The molecule has 0 radical (unpaired) electrons. The summed E-state index contributed by atoms with van der Waals surface area (Å²) in [4.78, 5) is -0.124. The second-order valence-electron chi connectivity index (χ2n) is 4.11. The highest BCUT2D eigenvalue weighted by Gasteiger charge is 2.22. The van der Waals surface area contributed by atoms with Crippen LogP contribution in [-0.4, -0.2) is 8.42 Å². The van der Waals surface area contributed by atoms with Gasteiger partial charge >= 0.3 is 0 Å². The van der Waals surface area contributed by atoms with Crippen LogP contribution >= 0.6 is 55.1 Å². The van der Waals surface area contributed by atoms with Gasteiger partial charge < -0.3 is 0 Å². The minimum atomic E-state index is -3.81. The number of halogens is 4. The monoisotopic (exact) mass is 471 g/mol. The summed E-state index contributed by atoms with van der Waals surface area (Å²) in [5.74, 6) is 0. The Kier molecular flexibility index (Phi) is 5.73. The highest BCUT2D eigenvalue weighted by Crippen LogP contribution is 2.32. The molecule has 0 aromatic heterocycles. The van der Waals surface area contributed by atoms with Crippen LogP contribution in [0.15, 0.2) is 50.2 Å². The van der Waals surface area contributed by atoms with E-state index >= 15 is 0 Å². The molecule has 0 aliphatic carbocycles. The van der Waals surface area contributed by atoms with Gasteiger partial charge in [-0.3, -0.25) is 0 Å². The van der Waals surface area contributed by atoms with E-state index in [0.29, 0.717) is 4.47 Å². The van der Waals surface area contributed by atoms with E-state index < -0.39 is 10.0 Å². The van der Waals surface area contributed by atoms with Crippen LogP contribution in [-0.2, 0) is 16.6 Å². The Balaban J connectivity index is 2.30. The molecule has 0 aliphatic heterocycles. The molecular formula is C13H9Br2Cl2NO2S. The fourth-order valence-corrected chi connectivity index (χ4v) is 5.04. The van der Waals surface area contributed by atoms with Gasteiger partial charge in [-0.05, 0) is 23.8 Å². The van der Waals surface area contributed by atoms with Gasteiger partial charge in [-0.2, -0.15) is 0 Å². The van der Waals surface area contributed by atoms with Gasteiger partial charge in [-0.1, -0.05) is 73.3 Å². The van der Waals surface area contributed by atoms with Crippen LogP contribution in [0.25, 0.3) is 0 Å². The van der Waals surface area contributed by atoms with E-state index in [1.807, 2.05) is 24.3 Å². The predicted molar refractivity (Wildman–Crippen MR) is 92.3 cm³/mol. The van der Waals surface area contributed by atoms with Gasteiger partial charge in [0.1, 0.15) is 4.90 Å². The third-order valence-corrected chi connectivity index (χ3v) is 6.20. The molecule has 112 valence electrons. The van der Waals surface area contributed by atoms with Crippen molar-refractivity contribution in [2.75, 3.05) is 0 Å². The largest absolute Gasteiger partial charge is 0.243 e. The molecule has 2 rings (SSSR count). The third-order valence-electron chi connectivity index (χ3n) is 2.64. The predicted octanol–water partition coefficient (Wildman–Crippen LogP) is 5.00. The van der Waals surface area contributed by atoms with E-state index in [0.717, 1.165) is 10.0 Å². The van der Waals surface area contributed by atoms with Crippen LogP contribution in [0.2, 0.25) is 10.0 Å². The second-order valence-corrected chi connectivity index (χ2v) is 8.40. The van der Waals surface area contributed by atoms with Gasteiger partial charge in [0.2, 0.25) is 10.0 Å². The molecule has 2 aromatic rings. The Morgan fingerprint density at radius 1 is 1.05 bits per heavy atom. The molecule has 0 unspecified atom stereocenters. The lowest BCUT2D eigenvalue weighted by atomic mass is 10.2. The van der Waals surface area contributed by atoms with Gasteiger partial charge in [0.15, 0.2) is 0 Å². The van der Waals surface area contributed by atoms with Crippen LogP contribution in [0.4, 0.5) is 0 Å². The zero-order valence-electron chi connectivity index (χ0n) is 10.4. The summed E-state index contributed by atoms with van der Waals surface area (Å²) in [6, 6.07) is 10.3. The quantitative estimate of drug-likeness (QED) is 0.679. The molecule has 1 N–H and O–H groups in total. The minimum absolute atomic E-state index is 0.0639. The van der Waals surface area contributed by atoms with Gasteiger partial charge in [0, 0.05) is 15.5 Å². The minimum Gasteiger partial charge on any atom is -0.207 e. The fraction of sp³-hybridized carbons (Fsp3) is 0.0769. The third kappa shape index (κ3) is 4.21. The Morgan fingerprint density at radius 3 is 2.19 bits per heavy atom. The smallest absolute Gasteiger partial charge is 0.207 e. The van der Waals surface area contributed by atoms with Crippen LogP contribution in [0, 0.1) is 0 Å². The van der Waals surface area contributed by atoms with E-state index in [-0.39, 0.29) is 21.5 Å². The van der Waals surface area contributed by atoms with Crippen LogP contribution < -0.4 is 4.72 Å². The molecular weight excluding hydrogens is 465 g/mol. The molecule has 0 fully saturated rings. The molecule has 8 heteroatoms. The number of nitrogens with one attached hydrogen (secondary N) is 1. The molecule has 0 heterocycles. The summed E-state index contributed by atoms with van der Waals surface area (Å²) in [5, 5.41) is 0.128. The maximum atomic E-state index is 12.4. The van der Waals surface area contributed by atoms with Crippen molar-refractivity contribution in [2.45, 2.75) is 11.4 Å². The Morgan fingerprint density at radius 2 is 1.62 bits per heavy atom. The molecule has 21 heavy (non-hydrogen) atoms. The lowest BCUT2D eigenvalue weighted by molar-refractivity contribution is 0.581. The van der Waals surface area contributed by atoms with Crippen molar-refractivity contribution in [2.24, 2.45) is 0 Å². The topological polar surface area (TPSA) is 46.2 Å². The van der Waals surface area contributed by atoms with E-state index in [2.05, 4.69) is 36.6 Å². The lowest BCUT2D eigenvalue weighted by Gasteiger charge is -2.11. The summed E-state index contributed by atoms with van der Waals surface area (Å²) in [6.45, 7) is 0.131. The van der Waals surface area contributed by atoms with Crippen molar-refractivity contribution in [3.05, 3.63) is 61.0 Å². The summed E-state index contributed by atoms with van der Waals surface area (Å²) < 4.78 is 28.6. The number of hydrogen-bond acceptors (Lipinski definition) is 2. The van der Waals surface area contributed by atoms with Crippen molar-refractivity contribution in [3.63, 3.8) is 0 Å². The number of benzene rings is 2. The van der Waals surface area contributed by atoms with Crippen molar-refractivity contribution < 1.29 is 8.42 Å². The van der Waals surface area contributed by atoms with Crippen LogP contribution in [0.3, 0.4) is 0 Å². The maximum absolute atomic E-state index is 12.4. The first-order valence-corrected chi connectivity index (χ1v) is 9.51. The molecule has 0 spiro atoms. The van der Waals surface area contributed by atoms with Gasteiger partial charge in [0.05, 0.1) is 10.0 Å². The summed E-state index contributed by atoms with van der Waals surface area (Å²) >= 11 is 18.6. The van der Waals surface area contributed by atoms with Gasteiger partial charge in [-0.25, -0.2) is 13.1 Å². The first kappa shape index (κ1) is 17.2. The zero-order valence-corrected chi connectivity index (χ0v) is 15.9. The Hall–Kier alpha value is -0.110. The summed E-state index contributed by atoms with van der Waals surface area (Å²) in [6.07, 6.45) is 0. The average Bonchev–Trinajstić information content (AvgIpc) is 2.36. The maximum Gasteiger partial charge on any atom is 0.243 e. The molecule has 0 saturated heterocycles. The molecule has 0 saturated carbocycles. The fourth-order valence-electron chi connectivity index (χ4n) is 1.67. The van der Waals surface area contributed by atoms with Crippen molar-refractivity contribution in [3.8, 4) is 0 Å². The van der Waals surface area contributed by atoms with Crippen molar-refractivity contribution in [1.29, 1.82) is 0 Å². The van der Waals surface area contributed by atoms with Gasteiger partial charge in [0.25, 0.3) is 0 Å². The van der Waals surface area contributed by atoms with Crippen LogP contribution in [0.5, 0.6) is 0 Å². The molecule has 0 atom stereocenters. The second kappa shape index (κ2) is 6.98. The number of sulfonamides is 1. The first-order valence-electron chi connectivity index (χ1n) is 5.69. The molecule has 2 aromatic carbocycles. The van der Waals surface area contributed by atoms with E-state index in [1.165, 1.54) is 12.1 Å². The van der Waals surface area contributed by atoms with E-state index in [1.54, 1.807) is 0 Å². The van der Waals surface area contributed by atoms with Crippen LogP contribution in [0.1, 0.15) is 5.56 Å².